The van der Waals surface area contributed by atoms with Crippen LogP contribution in [0.25, 0.3) is 10.8 Å². The third kappa shape index (κ3) is 2.94. The summed E-state index contributed by atoms with van der Waals surface area (Å²) in [5.41, 5.74) is 1.72. The molecule has 0 spiro atoms. The van der Waals surface area contributed by atoms with Crippen LogP contribution in [0.3, 0.4) is 0 Å². The van der Waals surface area contributed by atoms with E-state index >= 15 is 0 Å². The normalized spacial score (nSPS) is 11.5. The number of carbonyl (C=O) groups is 1. The van der Waals surface area contributed by atoms with E-state index < -0.39 is 15.9 Å². The minimum Gasteiger partial charge on any atom is -0.272 e. The van der Waals surface area contributed by atoms with Crippen LogP contribution in [0, 0.1) is 0 Å². The Labute approximate surface area is 140 Å². The zero-order chi connectivity index (χ0) is 17.3. The highest BCUT2D eigenvalue weighted by Gasteiger charge is 2.19. The number of thiophene rings is 1. The monoisotopic (exact) mass is 364 g/mol. The van der Waals surface area contributed by atoms with E-state index in [1.54, 1.807) is 35.7 Å². The summed E-state index contributed by atoms with van der Waals surface area (Å²) < 4.78 is 25.1. The third-order valence-corrected chi connectivity index (χ3v) is 5.88. The summed E-state index contributed by atoms with van der Waals surface area (Å²) >= 11 is 1.02. The summed E-state index contributed by atoms with van der Waals surface area (Å²) in [5, 5.41) is 6.20. The van der Waals surface area contributed by atoms with Gasteiger partial charge < -0.3 is 0 Å². The smallest absolute Gasteiger partial charge is 0.272 e. The molecule has 0 saturated carbocycles. The van der Waals surface area contributed by atoms with Crippen LogP contribution in [0.4, 0.5) is 0 Å². The topological polar surface area (TPSA) is 110 Å². The fraction of sp³-hybridized carbons (Fsp3) is 0.0714. The van der Waals surface area contributed by atoms with Crippen LogP contribution in [0.2, 0.25) is 0 Å². The van der Waals surface area contributed by atoms with Crippen molar-refractivity contribution >= 4 is 38.0 Å². The van der Waals surface area contributed by atoms with Gasteiger partial charge in [0.15, 0.2) is 5.69 Å². The lowest BCUT2D eigenvalue weighted by atomic mass is 10.1. The van der Waals surface area contributed by atoms with Gasteiger partial charge in [0.25, 0.3) is 21.5 Å². The van der Waals surface area contributed by atoms with Crippen molar-refractivity contribution in [3.05, 3.63) is 57.8 Å². The molecule has 3 rings (SSSR count). The van der Waals surface area contributed by atoms with Gasteiger partial charge in [0.1, 0.15) is 4.21 Å². The number of nitrogens with one attached hydrogen (secondary N) is 2. The summed E-state index contributed by atoms with van der Waals surface area (Å²) in [6.45, 7) is 0. The Morgan fingerprint density at radius 1 is 1.17 bits per heavy atom. The number of nitrogens with zero attached hydrogens (tertiary/aromatic N) is 2. The highest BCUT2D eigenvalue weighted by molar-refractivity contribution is 7.91. The molecule has 124 valence electrons. The van der Waals surface area contributed by atoms with Crippen molar-refractivity contribution in [3.8, 4) is 0 Å². The quantitative estimate of drug-likeness (QED) is 0.660. The van der Waals surface area contributed by atoms with Crippen LogP contribution in [-0.4, -0.2) is 24.1 Å². The molecule has 0 unspecified atom stereocenters. The Hall–Kier alpha value is -2.56. The average Bonchev–Trinajstić information content (AvgIpc) is 3.11. The number of aryl methyl sites for hydroxylation is 1. The SMILES string of the molecule is Cn1nc(C(=O)NNS(=O)(=O)c2cccs2)c2ccccc2c1=O. The second-order valence-electron chi connectivity index (χ2n) is 4.81. The molecule has 1 aromatic carbocycles. The van der Waals surface area contributed by atoms with E-state index in [1.807, 2.05) is 4.83 Å². The number of hydrazine groups is 1. The number of hydrogen-bond acceptors (Lipinski definition) is 6. The van der Waals surface area contributed by atoms with Crippen LogP contribution in [0.5, 0.6) is 0 Å². The summed E-state index contributed by atoms with van der Waals surface area (Å²) in [5.74, 6) is -0.762. The first-order chi connectivity index (χ1) is 11.4. The van der Waals surface area contributed by atoms with Crippen molar-refractivity contribution in [1.29, 1.82) is 0 Å². The predicted molar refractivity (Wildman–Crippen MR) is 89.1 cm³/mol. The summed E-state index contributed by atoms with van der Waals surface area (Å²) in [4.78, 5) is 26.4. The first kappa shape index (κ1) is 16.3. The van der Waals surface area contributed by atoms with Crippen molar-refractivity contribution in [2.45, 2.75) is 4.21 Å². The zero-order valence-corrected chi connectivity index (χ0v) is 14.0. The zero-order valence-electron chi connectivity index (χ0n) is 12.4. The predicted octanol–water partition coefficient (Wildman–Crippen LogP) is 0.618. The molecule has 24 heavy (non-hydrogen) atoms. The number of amides is 1. The molecule has 0 saturated heterocycles. The molecule has 0 fully saturated rings. The van der Waals surface area contributed by atoms with Crippen LogP contribution >= 0.6 is 11.3 Å². The van der Waals surface area contributed by atoms with Crippen LogP contribution < -0.4 is 15.8 Å². The maximum Gasteiger partial charge on any atom is 0.287 e. The number of carbonyl (C=O) groups excluding carboxylic acids is 1. The molecule has 0 radical (unpaired) electrons. The standard InChI is InChI=1S/C14H12N4O4S2/c1-18-14(20)10-6-3-2-5-9(10)12(16-18)13(19)15-17-24(21,22)11-7-4-8-23-11/h2-8,17H,1H3,(H,15,19). The lowest BCUT2D eigenvalue weighted by Crippen LogP contribution is -2.42. The van der Waals surface area contributed by atoms with E-state index in [2.05, 4.69) is 10.5 Å². The molecule has 0 aliphatic heterocycles. The van der Waals surface area contributed by atoms with Gasteiger partial charge in [0, 0.05) is 12.4 Å². The molecule has 3 aromatic rings. The van der Waals surface area contributed by atoms with Crippen LogP contribution in [0.1, 0.15) is 10.5 Å². The summed E-state index contributed by atoms with van der Waals surface area (Å²) in [6.07, 6.45) is 0. The highest BCUT2D eigenvalue weighted by Crippen LogP contribution is 2.15. The molecule has 1 amide bonds. The Kier molecular flexibility index (Phi) is 4.18. The van der Waals surface area contributed by atoms with Crippen molar-refractivity contribution < 1.29 is 13.2 Å². The minimum absolute atomic E-state index is 0.0541. The molecule has 8 nitrogen and oxygen atoms in total. The number of rotatable bonds is 4. The fourth-order valence-corrected chi connectivity index (χ4v) is 3.94. The Bertz CT molecular complexity index is 1070. The lowest BCUT2D eigenvalue weighted by molar-refractivity contribution is 0.0940. The number of hydrogen-bond donors (Lipinski definition) is 2. The van der Waals surface area contributed by atoms with Crippen molar-refractivity contribution in [1.82, 2.24) is 20.0 Å². The number of fused-ring (bicyclic) bond motifs is 1. The molecule has 0 aliphatic rings. The maximum atomic E-state index is 12.3. The van der Waals surface area contributed by atoms with Crippen LogP contribution in [-0.2, 0) is 17.1 Å². The Morgan fingerprint density at radius 2 is 1.88 bits per heavy atom. The van der Waals surface area contributed by atoms with E-state index in [-0.39, 0.29) is 15.5 Å². The van der Waals surface area contributed by atoms with Crippen molar-refractivity contribution in [2.24, 2.45) is 7.05 Å². The van der Waals surface area contributed by atoms with E-state index in [1.165, 1.54) is 13.1 Å². The van der Waals surface area contributed by atoms with Gasteiger partial charge in [-0.05, 0) is 17.5 Å². The maximum absolute atomic E-state index is 12.3. The molecule has 10 heteroatoms. The van der Waals surface area contributed by atoms with E-state index in [9.17, 15) is 18.0 Å². The first-order valence-corrected chi connectivity index (χ1v) is 9.08. The second-order valence-corrected chi connectivity index (χ2v) is 7.67. The molecular formula is C14H12N4O4S2. The molecule has 0 atom stereocenters. The summed E-state index contributed by atoms with van der Waals surface area (Å²) in [7, 11) is -2.43. The number of sulfonamides is 1. The third-order valence-electron chi connectivity index (χ3n) is 3.23. The van der Waals surface area contributed by atoms with E-state index in [0.29, 0.717) is 10.8 Å². The van der Waals surface area contributed by atoms with Gasteiger partial charge in [-0.25, -0.2) is 13.1 Å². The van der Waals surface area contributed by atoms with Gasteiger partial charge in [-0.2, -0.15) is 5.10 Å². The van der Waals surface area contributed by atoms with E-state index in [0.717, 1.165) is 16.0 Å². The Balaban J connectivity index is 1.93. The average molecular weight is 364 g/mol. The molecule has 2 aromatic heterocycles. The van der Waals surface area contributed by atoms with Gasteiger partial charge in [0.2, 0.25) is 0 Å². The number of benzene rings is 1. The van der Waals surface area contributed by atoms with Crippen LogP contribution in [0.15, 0.2) is 50.8 Å². The van der Waals surface area contributed by atoms with Gasteiger partial charge in [0.05, 0.1) is 5.39 Å². The molecular weight excluding hydrogens is 352 g/mol. The minimum atomic E-state index is -3.85. The van der Waals surface area contributed by atoms with Gasteiger partial charge in [-0.3, -0.25) is 15.0 Å². The van der Waals surface area contributed by atoms with E-state index in [4.69, 9.17) is 0 Å². The fourth-order valence-electron chi connectivity index (χ4n) is 2.11. The van der Waals surface area contributed by atoms with Gasteiger partial charge in [-0.15, -0.1) is 16.2 Å². The van der Waals surface area contributed by atoms with Gasteiger partial charge >= 0.3 is 0 Å². The van der Waals surface area contributed by atoms with Crippen molar-refractivity contribution in [3.63, 3.8) is 0 Å². The molecule has 0 bridgehead atoms. The van der Waals surface area contributed by atoms with Crippen molar-refractivity contribution in [2.75, 3.05) is 0 Å². The molecule has 2 N–H and O–H groups in total. The van der Waals surface area contributed by atoms with Gasteiger partial charge in [-0.1, -0.05) is 24.3 Å². The number of aromatic nitrogens is 2. The Morgan fingerprint density at radius 3 is 2.54 bits per heavy atom. The summed E-state index contributed by atoms with van der Waals surface area (Å²) in [6, 6.07) is 9.49. The lowest BCUT2D eigenvalue weighted by Gasteiger charge is -2.09. The second kappa shape index (κ2) is 6.15. The highest BCUT2D eigenvalue weighted by atomic mass is 32.2. The largest absolute Gasteiger partial charge is 0.287 e. The first-order valence-electron chi connectivity index (χ1n) is 6.72. The molecule has 0 aliphatic carbocycles. The molecule has 2 heterocycles.